The molecule has 0 saturated carbocycles. The van der Waals surface area contributed by atoms with Crippen LogP contribution >= 0.6 is 23.2 Å². The van der Waals surface area contributed by atoms with Crippen LogP contribution < -0.4 is 5.73 Å². The Morgan fingerprint density at radius 2 is 2.00 bits per heavy atom. The monoisotopic (exact) mass is 240 g/mol. The number of aromatic nitrogens is 1. The molecule has 0 radical (unpaired) electrons. The highest BCUT2D eigenvalue weighted by Gasteiger charge is 2.10. The van der Waals surface area contributed by atoms with Crippen molar-refractivity contribution in [2.75, 3.05) is 0 Å². The molecule has 0 unspecified atom stereocenters. The number of amides is 1. The van der Waals surface area contributed by atoms with E-state index in [0.29, 0.717) is 15.9 Å². The number of pyridine rings is 1. The summed E-state index contributed by atoms with van der Waals surface area (Å²) in [5, 5.41) is 1.46. The van der Waals surface area contributed by atoms with Crippen LogP contribution in [0, 0.1) is 0 Å². The van der Waals surface area contributed by atoms with Crippen LogP contribution in [0.4, 0.5) is 0 Å². The molecule has 1 heterocycles. The second kappa shape index (κ2) is 3.68. The molecular formula is C10H6Cl2N2O. The molecule has 2 N–H and O–H groups in total. The number of hydrogen-bond acceptors (Lipinski definition) is 2. The molecule has 5 heteroatoms. The van der Waals surface area contributed by atoms with E-state index < -0.39 is 5.91 Å². The summed E-state index contributed by atoms with van der Waals surface area (Å²) in [6.45, 7) is 0. The smallest absolute Gasteiger partial charge is 0.250 e. The van der Waals surface area contributed by atoms with E-state index in [2.05, 4.69) is 4.98 Å². The van der Waals surface area contributed by atoms with Gasteiger partial charge in [0.1, 0.15) is 0 Å². The molecule has 76 valence electrons. The van der Waals surface area contributed by atoms with Crippen molar-refractivity contribution in [3.8, 4) is 0 Å². The minimum atomic E-state index is -0.582. The lowest BCUT2D eigenvalue weighted by molar-refractivity contribution is 0.100. The van der Waals surface area contributed by atoms with Crippen molar-refractivity contribution in [1.29, 1.82) is 0 Å². The second-order valence-electron chi connectivity index (χ2n) is 3.01. The Morgan fingerprint density at radius 1 is 1.27 bits per heavy atom. The van der Waals surface area contributed by atoms with Gasteiger partial charge in [-0.15, -0.1) is 0 Å². The van der Waals surface area contributed by atoms with E-state index in [-0.39, 0.29) is 10.6 Å². The van der Waals surface area contributed by atoms with E-state index in [1.54, 1.807) is 24.4 Å². The van der Waals surface area contributed by atoms with Gasteiger partial charge in [0.05, 0.1) is 21.1 Å². The number of hydrogen-bond donors (Lipinski definition) is 1. The van der Waals surface area contributed by atoms with E-state index in [1.807, 2.05) is 0 Å². The summed E-state index contributed by atoms with van der Waals surface area (Å²) in [6, 6.07) is 4.76. The molecule has 0 spiro atoms. The van der Waals surface area contributed by atoms with Gasteiger partial charge >= 0.3 is 0 Å². The number of nitrogens with zero attached hydrogens (tertiary/aromatic N) is 1. The van der Waals surface area contributed by atoms with Gasteiger partial charge in [-0.2, -0.15) is 0 Å². The van der Waals surface area contributed by atoms with Gasteiger partial charge in [-0.1, -0.05) is 23.2 Å². The average Bonchev–Trinajstić information content (AvgIpc) is 2.16. The van der Waals surface area contributed by atoms with Crippen LogP contribution in [0.5, 0.6) is 0 Å². The Hall–Kier alpha value is -1.32. The summed E-state index contributed by atoms with van der Waals surface area (Å²) in [5.41, 5.74) is 6.05. The molecule has 3 nitrogen and oxygen atoms in total. The normalized spacial score (nSPS) is 10.5. The van der Waals surface area contributed by atoms with Crippen LogP contribution in [0.3, 0.4) is 0 Å². The number of nitrogens with two attached hydrogens (primary N) is 1. The summed E-state index contributed by atoms with van der Waals surface area (Å²) in [7, 11) is 0. The molecule has 2 aromatic rings. The summed E-state index contributed by atoms with van der Waals surface area (Å²) < 4.78 is 0. The average molecular weight is 241 g/mol. The zero-order valence-electron chi connectivity index (χ0n) is 7.50. The fourth-order valence-electron chi connectivity index (χ4n) is 1.32. The van der Waals surface area contributed by atoms with E-state index >= 15 is 0 Å². The lowest BCUT2D eigenvalue weighted by Gasteiger charge is -2.03. The summed E-state index contributed by atoms with van der Waals surface area (Å²) in [5.74, 6) is -0.582. The summed E-state index contributed by atoms with van der Waals surface area (Å²) in [6.07, 6.45) is 1.57. The molecule has 1 aromatic carbocycles. The SMILES string of the molecule is NC(=O)c1cc2c(Cl)ccnc2cc1Cl. The zero-order chi connectivity index (χ0) is 11.0. The van der Waals surface area contributed by atoms with Gasteiger partial charge in [-0.3, -0.25) is 9.78 Å². The minimum absolute atomic E-state index is 0.249. The predicted octanol–water partition coefficient (Wildman–Crippen LogP) is 2.64. The molecule has 0 bridgehead atoms. The van der Waals surface area contributed by atoms with Gasteiger partial charge in [0.2, 0.25) is 5.91 Å². The highest BCUT2D eigenvalue weighted by Crippen LogP contribution is 2.27. The first-order valence-electron chi connectivity index (χ1n) is 4.13. The van der Waals surface area contributed by atoms with Crippen molar-refractivity contribution in [3.05, 3.63) is 40.0 Å². The van der Waals surface area contributed by atoms with Crippen LogP contribution in [0.2, 0.25) is 10.0 Å². The van der Waals surface area contributed by atoms with Gasteiger partial charge in [0.15, 0.2) is 0 Å². The molecule has 0 aliphatic heterocycles. The molecule has 2 rings (SSSR count). The maximum absolute atomic E-state index is 11.1. The lowest BCUT2D eigenvalue weighted by Crippen LogP contribution is -2.11. The zero-order valence-corrected chi connectivity index (χ0v) is 9.01. The molecule has 0 aliphatic rings. The first-order valence-corrected chi connectivity index (χ1v) is 4.89. The molecule has 1 amide bonds. The van der Waals surface area contributed by atoms with Crippen LogP contribution in [0.1, 0.15) is 10.4 Å². The third-order valence-electron chi connectivity index (χ3n) is 2.04. The van der Waals surface area contributed by atoms with Crippen molar-refractivity contribution in [3.63, 3.8) is 0 Å². The third kappa shape index (κ3) is 1.76. The first-order chi connectivity index (χ1) is 7.09. The van der Waals surface area contributed by atoms with Gasteiger partial charge < -0.3 is 5.73 Å². The lowest BCUT2D eigenvalue weighted by atomic mass is 10.1. The molecule has 0 fully saturated rings. The first kappa shape index (κ1) is 10.2. The number of benzene rings is 1. The van der Waals surface area contributed by atoms with Gasteiger partial charge in [0, 0.05) is 11.6 Å². The Labute approximate surface area is 95.8 Å². The Balaban J connectivity index is 2.83. The molecular weight excluding hydrogens is 235 g/mol. The van der Waals surface area contributed by atoms with Crippen molar-refractivity contribution >= 4 is 40.0 Å². The largest absolute Gasteiger partial charge is 0.366 e. The van der Waals surface area contributed by atoms with Crippen LogP contribution in [0.15, 0.2) is 24.4 Å². The molecule has 0 saturated heterocycles. The number of fused-ring (bicyclic) bond motifs is 1. The Kier molecular flexibility index (Phi) is 2.50. The van der Waals surface area contributed by atoms with Crippen LogP contribution in [-0.2, 0) is 0 Å². The van der Waals surface area contributed by atoms with E-state index in [0.717, 1.165) is 0 Å². The second-order valence-corrected chi connectivity index (χ2v) is 3.82. The number of primary amides is 1. The van der Waals surface area contributed by atoms with Crippen LogP contribution in [-0.4, -0.2) is 10.9 Å². The molecule has 0 aliphatic carbocycles. The summed E-state index contributed by atoms with van der Waals surface area (Å²) >= 11 is 11.8. The molecule has 1 aromatic heterocycles. The predicted molar refractivity (Wildman–Crippen MR) is 60.3 cm³/mol. The fraction of sp³-hybridized carbons (Fsp3) is 0. The van der Waals surface area contributed by atoms with Crippen molar-refractivity contribution in [2.45, 2.75) is 0 Å². The fourth-order valence-corrected chi connectivity index (χ4v) is 1.78. The summed E-state index contributed by atoms with van der Waals surface area (Å²) in [4.78, 5) is 15.1. The number of carbonyl (C=O) groups is 1. The topological polar surface area (TPSA) is 56.0 Å². The highest BCUT2D eigenvalue weighted by atomic mass is 35.5. The van der Waals surface area contributed by atoms with E-state index in [1.165, 1.54) is 0 Å². The maximum Gasteiger partial charge on any atom is 0.250 e. The number of carbonyl (C=O) groups excluding carboxylic acids is 1. The molecule has 15 heavy (non-hydrogen) atoms. The van der Waals surface area contributed by atoms with E-state index in [4.69, 9.17) is 28.9 Å². The highest BCUT2D eigenvalue weighted by molar-refractivity contribution is 6.37. The minimum Gasteiger partial charge on any atom is -0.366 e. The van der Waals surface area contributed by atoms with Gasteiger partial charge in [-0.05, 0) is 18.2 Å². The van der Waals surface area contributed by atoms with Gasteiger partial charge in [0.25, 0.3) is 0 Å². The van der Waals surface area contributed by atoms with Crippen molar-refractivity contribution < 1.29 is 4.79 Å². The quantitative estimate of drug-likeness (QED) is 0.834. The van der Waals surface area contributed by atoms with Crippen LogP contribution in [0.25, 0.3) is 10.9 Å². The van der Waals surface area contributed by atoms with Crippen molar-refractivity contribution in [1.82, 2.24) is 4.98 Å². The number of halogens is 2. The Morgan fingerprint density at radius 3 is 2.67 bits per heavy atom. The third-order valence-corrected chi connectivity index (χ3v) is 2.68. The van der Waals surface area contributed by atoms with Crippen molar-refractivity contribution in [2.24, 2.45) is 5.73 Å². The Bertz CT molecular complexity index is 554. The van der Waals surface area contributed by atoms with E-state index in [9.17, 15) is 4.79 Å². The number of rotatable bonds is 1. The maximum atomic E-state index is 11.1. The standard InChI is InChI=1S/C10H6Cl2N2O/c11-7-1-2-14-9-4-8(12)6(10(13)15)3-5(7)9/h1-4H,(H2,13,15). The molecule has 0 atom stereocenters. The van der Waals surface area contributed by atoms with Gasteiger partial charge in [-0.25, -0.2) is 0 Å².